The highest BCUT2D eigenvalue weighted by atomic mass is 19.1. The third kappa shape index (κ3) is 3.19. The summed E-state index contributed by atoms with van der Waals surface area (Å²) in [6.07, 6.45) is 0. The molecule has 0 fully saturated rings. The van der Waals surface area contributed by atoms with E-state index in [0.29, 0.717) is 6.07 Å². The molecule has 1 N–H and O–H groups in total. The number of aryl methyl sites for hydroxylation is 1. The van der Waals surface area contributed by atoms with Gasteiger partial charge in [-0.05, 0) is 36.8 Å². The molecule has 2 aromatic rings. The Morgan fingerprint density at radius 1 is 1.14 bits per heavy atom. The Balaban J connectivity index is 2.23. The van der Waals surface area contributed by atoms with Crippen molar-refractivity contribution in [3.8, 4) is 0 Å². The van der Waals surface area contributed by atoms with E-state index in [1.54, 1.807) is 0 Å². The monoisotopic (exact) mass is 292 g/mol. The van der Waals surface area contributed by atoms with Crippen LogP contribution < -0.4 is 5.32 Å². The number of rotatable bonds is 3. The SMILES string of the molecule is Cc1cc(C(=O)Nc2ccc([N+](=O)[O-])cc2F)ccc1F. The molecule has 2 aromatic carbocycles. The molecule has 0 saturated heterocycles. The van der Waals surface area contributed by atoms with E-state index in [2.05, 4.69) is 5.32 Å². The number of carbonyl (C=O) groups is 1. The lowest BCUT2D eigenvalue weighted by molar-refractivity contribution is -0.385. The number of nitro groups is 1. The molecular weight excluding hydrogens is 282 g/mol. The molecule has 7 heteroatoms. The molecule has 0 atom stereocenters. The number of hydrogen-bond acceptors (Lipinski definition) is 3. The van der Waals surface area contributed by atoms with E-state index in [-0.39, 0.29) is 16.8 Å². The fourth-order valence-corrected chi connectivity index (χ4v) is 1.70. The first-order valence-corrected chi connectivity index (χ1v) is 5.90. The van der Waals surface area contributed by atoms with E-state index in [4.69, 9.17) is 0 Å². The van der Waals surface area contributed by atoms with Gasteiger partial charge in [0, 0.05) is 11.6 Å². The van der Waals surface area contributed by atoms with Crippen LogP contribution in [0.1, 0.15) is 15.9 Å². The fourth-order valence-electron chi connectivity index (χ4n) is 1.70. The van der Waals surface area contributed by atoms with Crippen molar-refractivity contribution >= 4 is 17.3 Å². The average Bonchev–Trinajstić information content (AvgIpc) is 2.43. The van der Waals surface area contributed by atoms with E-state index in [0.717, 1.165) is 18.2 Å². The summed E-state index contributed by atoms with van der Waals surface area (Å²) in [7, 11) is 0. The zero-order valence-electron chi connectivity index (χ0n) is 10.9. The first kappa shape index (κ1) is 14.6. The number of amides is 1. The van der Waals surface area contributed by atoms with Crippen LogP contribution in [0.3, 0.4) is 0 Å². The molecule has 108 valence electrons. The van der Waals surface area contributed by atoms with Crippen LogP contribution in [0.5, 0.6) is 0 Å². The topological polar surface area (TPSA) is 72.2 Å². The third-order valence-corrected chi connectivity index (χ3v) is 2.83. The van der Waals surface area contributed by atoms with Gasteiger partial charge in [0.15, 0.2) is 5.82 Å². The lowest BCUT2D eigenvalue weighted by Crippen LogP contribution is -2.13. The molecule has 0 heterocycles. The second-order valence-corrected chi connectivity index (χ2v) is 4.34. The maximum absolute atomic E-state index is 13.7. The van der Waals surface area contributed by atoms with Crippen molar-refractivity contribution < 1.29 is 18.5 Å². The average molecular weight is 292 g/mol. The fraction of sp³-hybridized carbons (Fsp3) is 0.0714. The van der Waals surface area contributed by atoms with Crippen LogP contribution in [0, 0.1) is 28.7 Å². The summed E-state index contributed by atoms with van der Waals surface area (Å²) in [6.45, 7) is 1.50. The zero-order chi connectivity index (χ0) is 15.6. The summed E-state index contributed by atoms with van der Waals surface area (Å²) in [6, 6.07) is 6.62. The first-order chi connectivity index (χ1) is 9.88. The molecule has 0 aliphatic heterocycles. The van der Waals surface area contributed by atoms with Crippen LogP contribution in [0.15, 0.2) is 36.4 Å². The summed E-state index contributed by atoms with van der Waals surface area (Å²) in [5, 5.41) is 12.8. The molecule has 0 radical (unpaired) electrons. The van der Waals surface area contributed by atoms with Crippen molar-refractivity contribution in [2.24, 2.45) is 0 Å². The highest BCUT2D eigenvalue weighted by Crippen LogP contribution is 2.21. The van der Waals surface area contributed by atoms with Gasteiger partial charge in [-0.2, -0.15) is 0 Å². The molecule has 0 saturated carbocycles. The smallest absolute Gasteiger partial charge is 0.272 e. The highest BCUT2D eigenvalue weighted by molar-refractivity contribution is 6.04. The summed E-state index contributed by atoms with van der Waals surface area (Å²) in [4.78, 5) is 21.7. The van der Waals surface area contributed by atoms with E-state index >= 15 is 0 Å². The lowest BCUT2D eigenvalue weighted by Gasteiger charge is -2.07. The molecule has 0 unspecified atom stereocenters. The van der Waals surface area contributed by atoms with Crippen molar-refractivity contribution in [3.05, 3.63) is 69.3 Å². The quantitative estimate of drug-likeness (QED) is 0.695. The molecule has 0 aromatic heterocycles. The van der Waals surface area contributed by atoms with Crippen molar-refractivity contribution in [3.63, 3.8) is 0 Å². The largest absolute Gasteiger partial charge is 0.319 e. The maximum Gasteiger partial charge on any atom is 0.272 e. The van der Waals surface area contributed by atoms with Gasteiger partial charge in [-0.1, -0.05) is 0 Å². The van der Waals surface area contributed by atoms with Gasteiger partial charge < -0.3 is 5.32 Å². The van der Waals surface area contributed by atoms with Gasteiger partial charge in [-0.25, -0.2) is 8.78 Å². The normalized spacial score (nSPS) is 10.2. The lowest BCUT2D eigenvalue weighted by atomic mass is 10.1. The molecule has 0 aliphatic carbocycles. The van der Waals surface area contributed by atoms with Crippen molar-refractivity contribution in [2.75, 3.05) is 5.32 Å². The second-order valence-electron chi connectivity index (χ2n) is 4.34. The number of nitro benzene ring substituents is 1. The van der Waals surface area contributed by atoms with Gasteiger partial charge in [0.25, 0.3) is 11.6 Å². The number of nitrogens with one attached hydrogen (secondary N) is 1. The molecule has 1 amide bonds. The molecular formula is C14H10F2N2O3. The first-order valence-electron chi connectivity index (χ1n) is 5.90. The van der Waals surface area contributed by atoms with Crippen molar-refractivity contribution in [1.29, 1.82) is 0 Å². The summed E-state index contributed by atoms with van der Waals surface area (Å²) in [5.74, 6) is -2.00. The van der Waals surface area contributed by atoms with E-state index in [9.17, 15) is 23.7 Å². The predicted molar refractivity (Wildman–Crippen MR) is 72.1 cm³/mol. The van der Waals surface area contributed by atoms with Gasteiger partial charge in [-0.15, -0.1) is 0 Å². The predicted octanol–water partition coefficient (Wildman–Crippen LogP) is 3.43. The summed E-state index contributed by atoms with van der Waals surface area (Å²) < 4.78 is 26.8. The highest BCUT2D eigenvalue weighted by Gasteiger charge is 2.14. The van der Waals surface area contributed by atoms with Gasteiger partial charge in [0.05, 0.1) is 16.7 Å². The Kier molecular flexibility index (Phi) is 3.93. The van der Waals surface area contributed by atoms with Gasteiger partial charge >= 0.3 is 0 Å². The zero-order valence-corrected chi connectivity index (χ0v) is 10.9. The van der Waals surface area contributed by atoms with Crippen LogP contribution in [0.4, 0.5) is 20.2 Å². The van der Waals surface area contributed by atoms with Gasteiger partial charge in [-0.3, -0.25) is 14.9 Å². The number of carbonyl (C=O) groups excluding carboxylic acids is 1. The van der Waals surface area contributed by atoms with Crippen LogP contribution in [0.2, 0.25) is 0 Å². The number of non-ortho nitro benzene ring substituents is 1. The van der Waals surface area contributed by atoms with Gasteiger partial charge in [0.1, 0.15) is 5.82 Å². The van der Waals surface area contributed by atoms with Crippen LogP contribution in [-0.2, 0) is 0 Å². The van der Waals surface area contributed by atoms with Crippen LogP contribution >= 0.6 is 0 Å². The molecule has 2 rings (SSSR count). The van der Waals surface area contributed by atoms with E-state index < -0.39 is 28.2 Å². The Morgan fingerprint density at radius 3 is 2.43 bits per heavy atom. The van der Waals surface area contributed by atoms with E-state index in [1.807, 2.05) is 0 Å². The molecule has 0 aliphatic rings. The standard InChI is InChI=1S/C14H10F2N2O3/c1-8-6-9(2-4-11(8)15)14(19)17-13-5-3-10(18(20)21)7-12(13)16/h2-7H,1H3,(H,17,19). The Hall–Kier alpha value is -2.83. The Morgan fingerprint density at radius 2 is 1.86 bits per heavy atom. The minimum absolute atomic E-state index is 0.159. The van der Waals surface area contributed by atoms with E-state index in [1.165, 1.54) is 19.1 Å². The number of hydrogen-bond donors (Lipinski definition) is 1. The number of halogens is 2. The second kappa shape index (κ2) is 5.66. The minimum atomic E-state index is -0.920. The summed E-state index contributed by atoms with van der Waals surface area (Å²) >= 11 is 0. The number of benzene rings is 2. The summed E-state index contributed by atoms with van der Waals surface area (Å²) in [5.41, 5.74) is -0.158. The van der Waals surface area contributed by atoms with Crippen LogP contribution in [0.25, 0.3) is 0 Å². The van der Waals surface area contributed by atoms with Crippen molar-refractivity contribution in [1.82, 2.24) is 0 Å². The number of anilines is 1. The molecule has 0 bridgehead atoms. The van der Waals surface area contributed by atoms with Crippen molar-refractivity contribution in [2.45, 2.75) is 6.92 Å². The molecule has 5 nitrogen and oxygen atoms in total. The number of nitrogens with zero attached hydrogens (tertiary/aromatic N) is 1. The third-order valence-electron chi connectivity index (χ3n) is 2.83. The molecule has 21 heavy (non-hydrogen) atoms. The molecule has 0 spiro atoms. The van der Waals surface area contributed by atoms with Crippen LogP contribution in [-0.4, -0.2) is 10.8 Å². The Labute approximate surface area is 118 Å². The minimum Gasteiger partial charge on any atom is -0.319 e. The maximum atomic E-state index is 13.7. The van der Waals surface area contributed by atoms with Gasteiger partial charge in [0.2, 0.25) is 0 Å². The Bertz CT molecular complexity index is 732.